The number of methoxy groups -OCH3 is 2. The molecule has 2 aromatic rings. The SMILES string of the molecule is COc1ccc(C(=O)COc2ccc([N+](=O)[O-])cc2F)c(OC)c1. The number of hydrogen-bond acceptors (Lipinski definition) is 6. The van der Waals surface area contributed by atoms with Crippen LogP contribution in [0.1, 0.15) is 10.4 Å². The Balaban J connectivity index is 2.12. The Bertz CT molecular complexity index is 777. The van der Waals surface area contributed by atoms with Crippen LogP contribution < -0.4 is 14.2 Å². The topological polar surface area (TPSA) is 87.9 Å². The molecule has 0 spiro atoms. The van der Waals surface area contributed by atoms with Crippen molar-refractivity contribution in [2.24, 2.45) is 0 Å². The van der Waals surface area contributed by atoms with E-state index in [1.165, 1.54) is 20.3 Å². The zero-order valence-corrected chi connectivity index (χ0v) is 12.9. The zero-order valence-electron chi connectivity index (χ0n) is 12.9. The quantitative estimate of drug-likeness (QED) is 0.439. The van der Waals surface area contributed by atoms with E-state index in [4.69, 9.17) is 14.2 Å². The first-order valence-corrected chi connectivity index (χ1v) is 6.78. The third-order valence-corrected chi connectivity index (χ3v) is 3.19. The lowest BCUT2D eigenvalue weighted by atomic mass is 10.1. The molecule has 0 bridgehead atoms. The van der Waals surface area contributed by atoms with Gasteiger partial charge in [-0.3, -0.25) is 14.9 Å². The van der Waals surface area contributed by atoms with Gasteiger partial charge in [0.1, 0.15) is 11.5 Å². The summed E-state index contributed by atoms with van der Waals surface area (Å²) in [7, 11) is 2.89. The number of rotatable bonds is 7. The fourth-order valence-corrected chi connectivity index (χ4v) is 1.97. The fraction of sp³-hybridized carbons (Fsp3) is 0.188. The van der Waals surface area contributed by atoms with Crippen LogP contribution in [0.2, 0.25) is 0 Å². The maximum atomic E-state index is 13.7. The summed E-state index contributed by atoms with van der Waals surface area (Å²) >= 11 is 0. The maximum absolute atomic E-state index is 13.7. The van der Waals surface area contributed by atoms with E-state index in [0.717, 1.165) is 18.2 Å². The van der Waals surface area contributed by atoms with E-state index in [9.17, 15) is 19.3 Å². The van der Waals surface area contributed by atoms with Crippen molar-refractivity contribution in [1.29, 1.82) is 0 Å². The molecule has 0 saturated carbocycles. The number of Topliss-reactive ketones (excluding diaryl/α,β-unsaturated/α-hetero) is 1. The summed E-state index contributed by atoms with van der Waals surface area (Å²) in [6.45, 7) is -0.447. The van der Waals surface area contributed by atoms with E-state index < -0.39 is 28.8 Å². The van der Waals surface area contributed by atoms with Crippen LogP contribution in [0.25, 0.3) is 0 Å². The summed E-state index contributed by atoms with van der Waals surface area (Å²) in [6.07, 6.45) is 0. The van der Waals surface area contributed by atoms with Gasteiger partial charge in [-0.2, -0.15) is 0 Å². The number of non-ortho nitro benzene ring substituents is 1. The summed E-state index contributed by atoms with van der Waals surface area (Å²) in [5.74, 6) is -0.787. The molecule has 0 radical (unpaired) electrons. The van der Waals surface area contributed by atoms with Crippen molar-refractivity contribution in [3.8, 4) is 17.2 Å². The molecule has 2 aromatic carbocycles. The average Bonchev–Trinajstić information content (AvgIpc) is 2.59. The average molecular weight is 335 g/mol. The molecule has 0 aliphatic rings. The Morgan fingerprint density at radius 2 is 1.88 bits per heavy atom. The number of hydrogen-bond donors (Lipinski definition) is 0. The normalized spacial score (nSPS) is 10.1. The lowest BCUT2D eigenvalue weighted by Gasteiger charge is -2.10. The zero-order chi connectivity index (χ0) is 17.7. The Hall–Kier alpha value is -3.16. The molecule has 0 heterocycles. The van der Waals surface area contributed by atoms with Gasteiger partial charge < -0.3 is 14.2 Å². The van der Waals surface area contributed by atoms with Crippen molar-refractivity contribution in [2.75, 3.05) is 20.8 Å². The highest BCUT2D eigenvalue weighted by atomic mass is 19.1. The molecule has 0 amide bonds. The predicted molar refractivity (Wildman–Crippen MR) is 82.4 cm³/mol. The second kappa shape index (κ2) is 7.40. The molecule has 0 unspecified atom stereocenters. The first-order valence-electron chi connectivity index (χ1n) is 6.78. The van der Waals surface area contributed by atoms with Crippen LogP contribution >= 0.6 is 0 Å². The van der Waals surface area contributed by atoms with Gasteiger partial charge in [0.05, 0.1) is 30.8 Å². The van der Waals surface area contributed by atoms with E-state index in [0.29, 0.717) is 11.5 Å². The summed E-state index contributed by atoms with van der Waals surface area (Å²) in [6, 6.07) is 7.56. The van der Waals surface area contributed by atoms with Crippen LogP contribution in [0.4, 0.5) is 10.1 Å². The van der Waals surface area contributed by atoms with Crippen molar-refractivity contribution in [2.45, 2.75) is 0 Å². The first-order chi connectivity index (χ1) is 11.5. The molecule has 0 N–H and O–H groups in total. The summed E-state index contributed by atoms with van der Waals surface area (Å²) in [5.41, 5.74) is -0.149. The van der Waals surface area contributed by atoms with E-state index in [1.807, 2.05) is 0 Å². The minimum absolute atomic E-state index is 0.249. The number of nitrogens with zero attached hydrogens (tertiary/aromatic N) is 1. The lowest BCUT2D eigenvalue weighted by molar-refractivity contribution is -0.385. The summed E-state index contributed by atoms with van der Waals surface area (Å²) in [4.78, 5) is 22.0. The second-order valence-corrected chi connectivity index (χ2v) is 4.65. The first kappa shape index (κ1) is 17.2. The third-order valence-electron chi connectivity index (χ3n) is 3.19. The third kappa shape index (κ3) is 3.78. The number of benzene rings is 2. The van der Waals surface area contributed by atoms with Crippen LogP contribution in [0.3, 0.4) is 0 Å². The van der Waals surface area contributed by atoms with Crippen molar-refractivity contribution >= 4 is 11.5 Å². The molecule has 0 atom stereocenters. The molecular formula is C16H14FNO6. The van der Waals surface area contributed by atoms with Crippen molar-refractivity contribution in [3.63, 3.8) is 0 Å². The van der Waals surface area contributed by atoms with Gasteiger partial charge in [0.15, 0.2) is 18.2 Å². The lowest BCUT2D eigenvalue weighted by Crippen LogP contribution is -2.13. The molecule has 0 saturated heterocycles. The Morgan fingerprint density at radius 1 is 1.12 bits per heavy atom. The number of ketones is 1. The van der Waals surface area contributed by atoms with Gasteiger partial charge in [0, 0.05) is 12.1 Å². The maximum Gasteiger partial charge on any atom is 0.272 e. The molecule has 2 rings (SSSR count). The number of halogens is 1. The molecule has 0 aliphatic heterocycles. The van der Waals surface area contributed by atoms with Gasteiger partial charge in [0.2, 0.25) is 5.78 Å². The van der Waals surface area contributed by atoms with Crippen LogP contribution in [0.5, 0.6) is 17.2 Å². The van der Waals surface area contributed by atoms with E-state index in [-0.39, 0.29) is 11.3 Å². The fourth-order valence-electron chi connectivity index (χ4n) is 1.97. The molecule has 7 nitrogen and oxygen atoms in total. The van der Waals surface area contributed by atoms with Crippen LogP contribution in [0, 0.1) is 15.9 Å². The molecule has 126 valence electrons. The molecule has 0 aliphatic carbocycles. The number of nitro groups is 1. The van der Waals surface area contributed by atoms with Crippen LogP contribution in [0.15, 0.2) is 36.4 Å². The molecule has 24 heavy (non-hydrogen) atoms. The minimum atomic E-state index is -0.918. The van der Waals surface area contributed by atoms with Gasteiger partial charge in [-0.15, -0.1) is 0 Å². The van der Waals surface area contributed by atoms with E-state index in [1.54, 1.807) is 12.1 Å². The van der Waals surface area contributed by atoms with Gasteiger partial charge in [0.25, 0.3) is 5.69 Å². The summed E-state index contributed by atoms with van der Waals surface area (Å²) < 4.78 is 29.0. The molecule has 0 aromatic heterocycles. The largest absolute Gasteiger partial charge is 0.497 e. The smallest absolute Gasteiger partial charge is 0.272 e. The van der Waals surface area contributed by atoms with Gasteiger partial charge in [-0.05, 0) is 18.2 Å². The predicted octanol–water partition coefficient (Wildman–Crippen LogP) is 3.01. The minimum Gasteiger partial charge on any atom is -0.497 e. The van der Waals surface area contributed by atoms with Crippen molar-refractivity contribution < 1.29 is 28.3 Å². The van der Waals surface area contributed by atoms with Gasteiger partial charge in [-0.25, -0.2) is 4.39 Å². The highest BCUT2D eigenvalue weighted by Gasteiger charge is 2.16. The molecule has 0 fully saturated rings. The number of nitro benzene ring substituents is 1. The number of ether oxygens (including phenoxy) is 3. The molecular weight excluding hydrogens is 321 g/mol. The summed E-state index contributed by atoms with van der Waals surface area (Å²) in [5, 5.41) is 10.6. The molecule has 8 heteroatoms. The Morgan fingerprint density at radius 3 is 2.46 bits per heavy atom. The monoisotopic (exact) mass is 335 g/mol. The highest BCUT2D eigenvalue weighted by molar-refractivity contribution is 6.00. The standard InChI is InChI=1S/C16H14FNO6/c1-22-11-4-5-12(16(8-11)23-2)14(19)9-24-15-6-3-10(18(20)21)7-13(15)17/h3-8H,9H2,1-2H3. The van der Waals surface area contributed by atoms with Crippen molar-refractivity contribution in [3.05, 3.63) is 57.9 Å². The Kier molecular flexibility index (Phi) is 5.31. The second-order valence-electron chi connectivity index (χ2n) is 4.65. The van der Waals surface area contributed by atoms with E-state index in [2.05, 4.69) is 0 Å². The highest BCUT2D eigenvalue weighted by Crippen LogP contribution is 2.26. The number of carbonyl (C=O) groups is 1. The van der Waals surface area contributed by atoms with Crippen molar-refractivity contribution in [1.82, 2.24) is 0 Å². The van der Waals surface area contributed by atoms with Gasteiger partial charge >= 0.3 is 0 Å². The number of carbonyl (C=O) groups excluding carboxylic acids is 1. The van der Waals surface area contributed by atoms with Gasteiger partial charge in [-0.1, -0.05) is 0 Å². The van der Waals surface area contributed by atoms with Crippen LogP contribution in [-0.2, 0) is 0 Å². The van der Waals surface area contributed by atoms with E-state index >= 15 is 0 Å². The Labute approximate surface area is 136 Å². The van der Waals surface area contributed by atoms with Crippen LogP contribution in [-0.4, -0.2) is 31.5 Å².